The molecule has 0 saturated carbocycles. The molecule has 1 heterocycles. The SMILES string of the molecule is CCCN(C(=O)c1ccc(C)cc1)c1cc(-c2cccc(CCC(=O)O)c2)sc1C(=O)O. The van der Waals surface area contributed by atoms with Crippen molar-refractivity contribution in [1.29, 1.82) is 0 Å². The molecule has 7 heteroatoms. The maximum Gasteiger partial charge on any atom is 0.348 e. The van der Waals surface area contributed by atoms with Gasteiger partial charge in [-0.3, -0.25) is 9.59 Å². The number of carbonyl (C=O) groups is 3. The number of rotatable bonds is 9. The Morgan fingerprint density at radius 1 is 1.00 bits per heavy atom. The molecule has 2 aromatic carbocycles. The Bertz CT molecular complexity index is 1130. The van der Waals surface area contributed by atoms with Crippen molar-refractivity contribution in [3.63, 3.8) is 0 Å². The zero-order chi connectivity index (χ0) is 23.3. The summed E-state index contributed by atoms with van der Waals surface area (Å²) in [5.41, 5.74) is 3.57. The van der Waals surface area contributed by atoms with E-state index in [0.717, 1.165) is 28.0 Å². The molecule has 0 aliphatic rings. The fourth-order valence-corrected chi connectivity index (χ4v) is 4.41. The summed E-state index contributed by atoms with van der Waals surface area (Å²) >= 11 is 1.11. The second-order valence-electron chi connectivity index (χ2n) is 7.55. The van der Waals surface area contributed by atoms with Crippen molar-refractivity contribution in [2.75, 3.05) is 11.4 Å². The summed E-state index contributed by atoms with van der Waals surface area (Å²) in [7, 11) is 0. The number of aliphatic carboxylic acids is 1. The summed E-state index contributed by atoms with van der Waals surface area (Å²) in [6.07, 6.45) is 1.09. The third kappa shape index (κ3) is 5.42. The first-order chi connectivity index (χ1) is 15.3. The third-order valence-electron chi connectivity index (χ3n) is 5.03. The van der Waals surface area contributed by atoms with E-state index < -0.39 is 11.9 Å². The molecule has 0 aliphatic carbocycles. The van der Waals surface area contributed by atoms with Gasteiger partial charge in [0.05, 0.1) is 5.69 Å². The van der Waals surface area contributed by atoms with E-state index >= 15 is 0 Å². The second kappa shape index (κ2) is 10.2. The van der Waals surface area contributed by atoms with Gasteiger partial charge in [-0.25, -0.2) is 4.79 Å². The lowest BCUT2D eigenvalue weighted by Gasteiger charge is -2.22. The fraction of sp³-hybridized carbons (Fsp3) is 0.240. The average molecular weight is 452 g/mol. The Kier molecular flexibility index (Phi) is 7.43. The predicted octanol–water partition coefficient (Wildman–Crippen LogP) is 5.50. The normalized spacial score (nSPS) is 10.7. The quantitative estimate of drug-likeness (QED) is 0.448. The minimum Gasteiger partial charge on any atom is -0.481 e. The van der Waals surface area contributed by atoms with Gasteiger partial charge in [-0.05, 0) is 49.1 Å². The molecule has 2 N–H and O–H groups in total. The first-order valence-corrected chi connectivity index (χ1v) is 11.2. The minimum absolute atomic E-state index is 0.0227. The number of carboxylic acids is 2. The molecule has 6 nitrogen and oxygen atoms in total. The first-order valence-electron chi connectivity index (χ1n) is 10.4. The number of aromatic carboxylic acids is 1. The highest BCUT2D eigenvalue weighted by atomic mass is 32.1. The van der Waals surface area contributed by atoms with Gasteiger partial charge in [0.25, 0.3) is 5.91 Å². The van der Waals surface area contributed by atoms with Crippen LogP contribution in [0.4, 0.5) is 5.69 Å². The number of anilines is 1. The van der Waals surface area contributed by atoms with Crippen molar-refractivity contribution in [1.82, 2.24) is 0 Å². The van der Waals surface area contributed by atoms with E-state index in [4.69, 9.17) is 5.11 Å². The predicted molar refractivity (Wildman–Crippen MR) is 126 cm³/mol. The van der Waals surface area contributed by atoms with E-state index in [1.54, 1.807) is 18.2 Å². The molecule has 0 aliphatic heterocycles. The van der Waals surface area contributed by atoms with Crippen LogP contribution < -0.4 is 4.90 Å². The number of hydrogen-bond donors (Lipinski definition) is 2. The van der Waals surface area contributed by atoms with E-state index in [1.165, 1.54) is 4.90 Å². The van der Waals surface area contributed by atoms with Gasteiger partial charge in [-0.1, -0.05) is 48.9 Å². The molecule has 1 aromatic heterocycles. The number of thiophene rings is 1. The van der Waals surface area contributed by atoms with Crippen LogP contribution in [0.2, 0.25) is 0 Å². The van der Waals surface area contributed by atoms with Gasteiger partial charge in [0, 0.05) is 23.4 Å². The van der Waals surface area contributed by atoms with Gasteiger partial charge in [-0.2, -0.15) is 0 Å². The zero-order valence-electron chi connectivity index (χ0n) is 18.0. The zero-order valence-corrected chi connectivity index (χ0v) is 18.8. The topological polar surface area (TPSA) is 94.9 Å². The molecular weight excluding hydrogens is 426 g/mol. The van der Waals surface area contributed by atoms with Gasteiger partial charge in [0.1, 0.15) is 4.88 Å². The van der Waals surface area contributed by atoms with Crippen LogP contribution in [-0.2, 0) is 11.2 Å². The first kappa shape index (κ1) is 23.2. The lowest BCUT2D eigenvalue weighted by atomic mass is 10.1. The van der Waals surface area contributed by atoms with Crippen LogP contribution in [0, 0.1) is 6.92 Å². The van der Waals surface area contributed by atoms with Crippen molar-refractivity contribution < 1.29 is 24.6 Å². The smallest absolute Gasteiger partial charge is 0.348 e. The molecule has 0 atom stereocenters. The molecule has 166 valence electrons. The van der Waals surface area contributed by atoms with Crippen LogP contribution in [0.3, 0.4) is 0 Å². The van der Waals surface area contributed by atoms with Gasteiger partial charge in [-0.15, -0.1) is 11.3 Å². The number of nitrogens with zero attached hydrogens (tertiary/aromatic N) is 1. The third-order valence-corrected chi connectivity index (χ3v) is 6.19. The van der Waals surface area contributed by atoms with Gasteiger partial charge >= 0.3 is 11.9 Å². The monoisotopic (exact) mass is 451 g/mol. The molecule has 0 unspecified atom stereocenters. The fourth-order valence-electron chi connectivity index (χ4n) is 3.42. The summed E-state index contributed by atoms with van der Waals surface area (Å²) in [4.78, 5) is 38.5. The minimum atomic E-state index is -1.09. The number of aryl methyl sites for hydroxylation is 2. The molecule has 32 heavy (non-hydrogen) atoms. The van der Waals surface area contributed by atoms with Gasteiger partial charge < -0.3 is 15.1 Å². The number of carboxylic acid groups (broad SMARTS) is 2. The van der Waals surface area contributed by atoms with E-state index in [9.17, 15) is 19.5 Å². The highest BCUT2D eigenvalue weighted by Gasteiger charge is 2.25. The van der Waals surface area contributed by atoms with E-state index in [1.807, 2.05) is 50.2 Å². The van der Waals surface area contributed by atoms with Crippen LogP contribution in [0.5, 0.6) is 0 Å². The maximum absolute atomic E-state index is 13.3. The standard InChI is InChI=1S/C25H25NO5S/c1-3-13-26(24(29)18-10-7-16(2)8-11-18)20-15-21(32-23(20)25(30)31)19-6-4-5-17(14-19)9-12-22(27)28/h4-8,10-11,14-15H,3,9,12-13H2,1-2H3,(H,27,28)(H,30,31). The summed E-state index contributed by atoms with van der Waals surface area (Å²) < 4.78 is 0. The summed E-state index contributed by atoms with van der Waals surface area (Å²) in [6.45, 7) is 4.27. The largest absolute Gasteiger partial charge is 0.481 e. The second-order valence-corrected chi connectivity index (χ2v) is 8.60. The van der Waals surface area contributed by atoms with Crippen LogP contribution in [0.15, 0.2) is 54.6 Å². The Labute approximate surface area is 190 Å². The van der Waals surface area contributed by atoms with Crippen molar-refractivity contribution in [2.45, 2.75) is 33.1 Å². The van der Waals surface area contributed by atoms with Crippen LogP contribution in [-0.4, -0.2) is 34.6 Å². The Morgan fingerprint density at radius 3 is 2.34 bits per heavy atom. The average Bonchev–Trinajstić information content (AvgIpc) is 3.22. The number of carbonyl (C=O) groups excluding carboxylic acids is 1. The maximum atomic E-state index is 13.3. The summed E-state index contributed by atoms with van der Waals surface area (Å²) in [6, 6.07) is 16.4. The summed E-state index contributed by atoms with van der Waals surface area (Å²) in [5.74, 6) is -2.20. The highest BCUT2D eigenvalue weighted by molar-refractivity contribution is 7.18. The molecule has 0 fully saturated rings. The van der Waals surface area contributed by atoms with Crippen LogP contribution in [0.25, 0.3) is 10.4 Å². The summed E-state index contributed by atoms with van der Waals surface area (Å²) in [5, 5.41) is 18.8. The van der Waals surface area contributed by atoms with Crippen LogP contribution >= 0.6 is 11.3 Å². The molecule has 1 amide bonds. The molecule has 0 spiro atoms. The molecule has 3 aromatic rings. The van der Waals surface area contributed by atoms with Crippen molar-refractivity contribution in [3.8, 4) is 10.4 Å². The van der Waals surface area contributed by atoms with E-state index in [-0.39, 0.29) is 17.2 Å². The van der Waals surface area contributed by atoms with Crippen LogP contribution in [0.1, 0.15) is 50.9 Å². The van der Waals surface area contributed by atoms with Crippen molar-refractivity contribution in [3.05, 3.63) is 76.2 Å². The highest BCUT2D eigenvalue weighted by Crippen LogP contribution is 2.38. The lowest BCUT2D eigenvalue weighted by Crippen LogP contribution is -2.32. The number of amides is 1. The van der Waals surface area contributed by atoms with Crippen molar-refractivity contribution >= 4 is 34.9 Å². The molecule has 3 rings (SSSR count). The molecule has 0 saturated heterocycles. The molecular formula is C25H25NO5S. The molecule has 0 radical (unpaired) electrons. The number of benzene rings is 2. The van der Waals surface area contributed by atoms with E-state index in [2.05, 4.69) is 0 Å². The van der Waals surface area contributed by atoms with E-state index in [0.29, 0.717) is 35.5 Å². The Balaban J connectivity index is 2.01. The van der Waals surface area contributed by atoms with Gasteiger partial charge in [0.2, 0.25) is 0 Å². The Hall–Kier alpha value is -3.45. The van der Waals surface area contributed by atoms with Gasteiger partial charge in [0.15, 0.2) is 0 Å². The molecule has 0 bridgehead atoms. The van der Waals surface area contributed by atoms with Crippen molar-refractivity contribution in [2.24, 2.45) is 0 Å². The lowest BCUT2D eigenvalue weighted by molar-refractivity contribution is -0.136. The number of hydrogen-bond acceptors (Lipinski definition) is 4. The Morgan fingerprint density at radius 2 is 1.72 bits per heavy atom.